The Kier molecular flexibility index (Phi) is 3.64. The van der Waals surface area contributed by atoms with E-state index in [0.717, 1.165) is 12.0 Å². The Morgan fingerprint density at radius 3 is 2.50 bits per heavy atom. The van der Waals surface area contributed by atoms with Crippen LogP contribution in [0.5, 0.6) is 0 Å². The Labute approximate surface area is 108 Å². The van der Waals surface area contributed by atoms with Gasteiger partial charge < -0.3 is 5.73 Å². The summed E-state index contributed by atoms with van der Waals surface area (Å²) in [4.78, 5) is 0. The van der Waals surface area contributed by atoms with E-state index in [1.54, 1.807) is 0 Å². The molecule has 0 heterocycles. The van der Waals surface area contributed by atoms with Crippen molar-refractivity contribution >= 4 is 10.8 Å². The summed E-state index contributed by atoms with van der Waals surface area (Å²) < 4.78 is 0. The fraction of sp³-hybridized carbons (Fsp3) is 0.312. The molecular weight excluding hydrogens is 220 g/mol. The predicted molar refractivity (Wildman–Crippen MR) is 75.0 cm³/mol. The smallest absolute Gasteiger partial charge is 0.0675 e. The quantitative estimate of drug-likeness (QED) is 0.886. The highest BCUT2D eigenvalue weighted by Crippen LogP contribution is 2.25. The molecule has 2 nitrogen and oxygen atoms in total. The van der Waals surface area contributed by atoms with Crippen LogP contribution >= 0.6 is 0 Å². The standard InChI is InChI=1S/C16H18N2/c1-3-12(10-17)16(18)15-7-6-13-8-11(2)4-5-14(13)9-15/h4-9,12,16H,3,18H2,1-2H3. The number of hydrogen-bond donors (Lipinski definition) is 1. The predicted octanol–water partition coefficient (Wildman–Crippen LogP) is 3.70. The fourth-order valence-corrected chi connectivity index (χ4v) is 2.25. The van der Waals surface area contributed by atoms with Crippen LogP contribution in [0.4, 0.5) is 0 Å². The summed E-state index contributed by atoms with van der Waals surface area (Å²) in [6.45, 7) is 4.08. The zero-order chi connectivity index (χ0) is 13.1. The molecule has 2 unspecified atom stereocenters. The van der Waals surface area contributed by atoms with Crippen LogP contribution in [-0.4, -0.2) is 0 Å². The van der Waals surface area contributed by atoms with Gasteiger partial charge >= 0.3 is 0 Å². The molecule has 0 aliphatic heterocycles. The first-order valence-electron chi connectivity index (χ1n) is 6.31. The molecule has 92 valence electrons. The zero-order valence-corrected chi connectivity index (χ0v) is 10.9. The lowest BCUT2D eigenvalue weighted by atomic mass is 9.91. The summed E-state index contributed by atoms with van der Waals surface area (Å²) in [5, 5.41) is 11.5. The monoisotopic (exact) mass is 238 g/mol. The van der Waals surface area contributed by atoms with Gasteiger partial charge in [-0.15, -0.1) is 0 Å². The van der Waals surface area contributed by atoms with Crippen molar-refractivity contribution in [2.24, 2.45) is 11.7 Å². The maximum atomic E-state index is 9.08. The average molecular weight is 238 g/mol. The summed E-state index contributed by atoms with van der Waals surface area (Å²) in [5.74, 6) is -0.118. The van der Waals surface area contributed by atoms with E-state index in [1.165, 1.54) is 16.3 Å². The Hall–Kier alpha value is -1.85. The molecule has 2 atom stereocenters. The molecular formula is C16H18N2. The van der Waals surface area contributed by atoms with Gasteiger partial charge in [0.15, 0.2) is 0 Å². The highest BCUT2D eigenvalue weighted by molar-refractivity contribution is 5.83. The molecule has 0 spiro atoms. The van der Waals surface area contributed by atoms with Crippen LogP contribution in [0.15, 0.2) is 36.4 Å². The number of nitriles is 1. The van der Waals surface area contributed by atoms with Gasteiger partial charge in [-0.2, -0.15) is 5.26 Å². The lowest BCUT2D eigenvalue weighted by molar-refractivity contribution is 0.518. The van der Waals surface area contributed by atoms with Crippen LogP contribution in [0.25, 0.3) is 10.8 Å². The number of nitrogens with zero attached hydrogens (tertiary/aromatic N) is 1. The van der Waals surface area contributed by atoms with Crippen molar-refractivity contribution in [2.75, 3.05) is 0 Å². The van der Waals surface area contributed by atoms with Gasteiger partial charge in [-0.05, 0) is 35.7 Å². The second-order valence-corrected chi connectivity index (χ2v) is 4.78. The molecule has 2 heteroatoms. The second-order valence-electron chi connectivity index (χ2n) is 4.78. The van der Waals surface area contributed by atoms with Crippen LogP contribution < -0.4 is 5.73 Å². The Bertz CT molecular complexity index is 596. The van der Waals surface area contributed by atoms with Crippen molar-refractivity contribution in [3.8, 4) is 6.07 Å². The van der Waals surface area contributed by atoms with Crippen molar-refractivity contribution in [3.63, 3.8) is 0 Å². The van der Waals surface area contributed by atoms with E-state index in [2.05, 4.69) is 43.3 Å². The first-order valence-corrected chi connectivity index (χ1v) is 6.31. The molecule has 2 N–H and O–H groups in total. The molecule has 2 aromatic carbocycles. The molecule has 18 heavy (non-hydrogen) atoms. The third-order valence-corrected chi connectivity index (χ3v) is 3.44. The van der Waals surface area contributed by atoms with E-state index in [1.807, 2.05) is 13.0 Å². The van der Waals surface area contributed by atoms with Crippen LogP contribution in [-0.2, 0) is 0 Å². The SMILES string of the molecule is CCC(C#N)C(N)c1ccc2cc(C)ccc2c1. The number of hydrogen-bond acceptors (Lipinski definition) is 2. The minimum atomic E-state index is -0.203. The van der Waals surface area contributed by atoms with E-state index in [-0.39, 0.29) is 12.0 Å². The highest BCUT2D eigenvalue weighted by Gasteiger charge is 2.17. The van der Waals surface area contributed by atoms with Gasteiger partial charge in [0.25, 0.3) is 0 Å². The molecule has 2 aromatic rings. The summed E-state index contributed by atoms with van der Waals surface area (Å²) >= 11 is 0. The van der Waals surface area contributed by atoms with Gasteiger partial charge in [-0.1, -0.05) is 42.8 Å². The zero-order valence-electron chi connectivity index (χ0n) is 10.9. The van der Waals surface area contributed by atoms with Crippen LogP contribution in [0, 0.1) is 24.2 Å². The molecule has 0 saturated heterocycles. The third kappa shape index (κ3) is 2.37. The third-order valence-electron chi connectivity index (χ3n) is 3.44. The topological polar surface area (TPSA) is 49.8 Å². The average Bonchev–Trinajstić information content (AvgIpc) is 2.39. The van der Waals surface area contributed by atoms with E-state index in [0.29, 0.717) is 0 Å². The van der Waals surface area contributed by atoms with Crippen LogP contribution in [0.1, 0.15) is 30.5 Å². The minimum absolute atomic E-state index is 0.118. The fourth-order valence-electron chi connectivity index (χ4n) is 2.25. The molecule has 0 aromatic heterocycles. The Morgan fingerprint density at radius 1 is 1.17 bits per heavy atom. The normalized spacial score (nSPS) is 14.1. The number of benzene rings is 2. The Morgan fingerprint density at radius 2 is 1.83 bits per heavy atom. The molecule has 0 aliphatic carbocycles. The lowest BCUT2D eigenvalue weighted by Gasteiger charge is -2.17. The first kappa shape index (κ1) is 12.6. The minimum Gasteiger partial charge on any atom is -0.323 e. The Balaban J connectivity index is 2.41. The number of aryl methyl sites for hydroxylation is 1. The van der Waals surface area contributed by atoms with Crippen molar-refractivity contribution in [1.29, 1.82) is 5.26 Å². The van der Waals surface area contributed by atoms with E-state index in [4.69, 9.17) is 11.0 Å². The molecule has 2 rings (SSSR count). The van der Waals surface area contributed by atoms with Crippen molar-refractivity contribution in [1.82, 2.24) is 0 Å². The maximum Gasteiger partial charge on any atom is 0.0675 e. The second kappa shape index (κ2) is 5.20. The molecule has 0 fully saturated rings. The molecule has 0 saturated carbocycles. The largest absolute Gasteiger partial charge is 0.323 e. The summed E-state index contributed by atoms with van der Waals surface area (Å²) in [6.07, 6.45) is 0.781. The van der Waals surface area contributed by atoms with Crippen LogP contribution in [0.2, 0.25) is 0 Å². The summed E-state index contributed by atoms with van der Waals surface area (Å²) in [5.41, 5.74) is 8.45. The molecule has 0 bridgehead atoms. The van der Waals surface area contributed by atoms with E-state index >= 15 is 0 Å². The highest BCUT2D eigenvalue weighted by atomic mass is 14.6. The van der Waals surface area contributed by atoms with Gasteiger partial charge in [0, 0.05) is 6.04 Å². The summed E-state index contributed by atoms with van der Waals surface area (Å²) in [6, 6.07) is 14.7. The first-order chi connectivity index (χ1) is 8.65. The van der Waals surface area contributed by atoms with Gasteiger partial charge in [0.1, 0.15) is 0 Å². The summed E-state index contributed by atoms with van der Waals surface area (Å²) in [7, 11) is 0. The molecule has 0 radical (unpaired) electrons. The molecule has 0 amide bonds. The van der Waals surface area contributed by atoms with Gasteiger partial charge in [-0.3, -0.25) is 0 Å². The van der Waals surface area contributed by atoms with E-state index in [9.17, 15) is 0 Å². The van der Waals surface area contributed by atoms with Gasteiger partial charge in [0.05, 0.1) is 12.0 Å². The maximum absolute atomic E-state index is 9.08. The molecule has 0 aliphatic rings. The number of fused-ring (bicyclic) bond motifs is 1. The van der Waals surface area contributed by atoms with Crippen molar-refractivity contribution < 1.29 is 0 Å². The lowest BCUT2D eigenvalue weighted by Crippen LogP contribution is -2.19. The van der Waals surface area contributed by atoms with Crippen LogP contribution in [0.3, 0.4) is 0 Å². The van der Waals surface area contributed by atoms with E-state index < -0.39 is 0 Å². The van der Waals surface area contributed by atoms with Crippen molar-refractivity contribution in [3.05, 3.63) is 47.5 Å². The number of rotatable bonds is 3. The van der Waals surface area contributed by atoms with Gasteiger partial charge in [-0.25, -0.2) is 0 Å². The number of nitrogens with two attached hydrogens (primary N) is 1. The van der Waals surface area contributed by atoms with Crippen molar-refractivity contribution in [2.45, 2.75) is 26.3 Å². The van der Waals surface area contributed by atoms with Gasteiger partial charge in [0.2, 0.25) is 0 Å².